The zero-order chi connectivity index (χ0) is 13.9. The summed E-state index contributed by atoms with van der Waals surface area (Å²) in [5, 5.41) is 0. The fourth-order valence-corrected chi connectivity index (χ4v) is 4.03. The molecule has 0 spiro atoms. The molecular formula is C19H25F. The first-order chi connectivity index (χ1) is 9.76. The molecule has 2 aliphatic rings. The van der Waals surface area contributed by atoms with Crippen LogP contribution in [-0.2, 0) is 6.42 Å². The summed E-state index contributed by atoms with van der Waals surface area (Å²) in [5.74, 6) is 1.67. The molecule has 0 aromatic heterocycles. The maximum Gasteiger partial charge on any atom is 0.123 e. The lowest BCUT2D eigenvalue weighted by Gasteiger charge is -2.31. The molecular weight excluding hydrogens is 247 g/mol. The standard InChI is InChI=1S/C19H25F/c1-2-3-14-4-6-15(7-5-14)16-8-9-18-13-19(20)11-10-17(18)12-16/h10-15H,2-9H2,1H3. The number of hydrogen-bond acceptors (Lipinski definition) is 0. The lowest BCUT2D eigenvalue weighted by Crippen LogP contribution is -2.17. The van der Waals surface area contributed by atoms with Crippen LogP contribution in [0, 0.1) is 17.7 Å². The molecule has 1 fully saturated rings. The molecule has 1 saturated carbocycles. The van der Waals surface area contributed by atoms with Gasteiger partial charge in [-0.3, -0.25) is 0 Å². The molecule has 1 heteroatoms. The number of halogens is 1. The van der Waals surface area contributed by atoms with Gasteiger partial charge in [-0.2, -0.15) is 0 Å². The Kier molecular flexibility index (Phi) is 4.24. The molecule has 0 N–H and O–H groups in total. The van der Waals surface area contributed by atoms with Crippen LogP contribution < -0.4 is 0 Å². The monoisotopic (exact) mass is 272 g/mol. The first-order valence-corrected chi connectivity index (χ1v) is 8.25. The van der Waals surface area contributed by atoms with E-state index in [0.717, 1.165) is 24.7 Å². The number of allylic oxidation sites excluding steroid dienone is 1. The van der Waals surface area contributed by atoms with Crippen LogP contribution in [0.3, 0.4) is 0 Å². The van der Waals surface area contributed by atoms with E-state index >= 15 is 0 Å². The Morgan fingerprint density at radius 3 is 2.65 bits per heavy atom. The van der Waals surface area contributed by atoms with Gasteiger partial charge in [-0.05, 0) is 73.6 Å². The molecule has 108 valence electrons. The summed E-state index contributed by atoms with van der Waals surface area (Å²) in [7, 11) is 0. The summed E-state index contributed by atoms with van der Waals surface area (Å²) in [6, 6.07) is 5.25. The van der Waals surface area contributed by atoms with E-state index in [1.165, 1.54) is 49.7 Å². The highest BCUT2D eigenvalue weighted by atomic mass is 19.1. The fourth-order valence-electron chi connectivity index (χ4n) is 4.03. The lowest BCUT2D eigenvalue weighted by atomic mass is 9.74. The Morgan fingerprint density at radius 1 is 1.10 bits per heavy atom. The molecule has 2 aliphatic carbocycles. The van der Waals surface area contributed by atoms with Crippen LogP contribution in [0.5, 0.6) is 0 Å². The molecule has 0 aliphatic heterocycles. The van der Waals surface area contributed by atoms with Crippen molar-refractivity contribution in [2.75, 3.05) is 0 Å². The Bertz CT molecular complexity index is 492. The van der Waals surface area contributed by atoms with E-state index in [4.69, 9.17) is 0 Å². The second-order valence-corrected chi connectivity index (χ2v) is 6.57. The van der Waals surface area contributed by atoms with Gasteiger partial charge in [0.1, 0.15) is 5.82 Å². The number of benzene rings is 1. The minimum Gasteiger partial charge on any atom is -0.207 e. The largest absolute Gasteiger partial charge is 0.207 e. The summed E-state index contributed by atoms with van der Waals surface area (Å²) in [6.07, 6.45) is 12.8. The first kappa shape index (κ1) is 13.9. The molecule has 0 saturated heterocycles. The maximum atomic E-state index is 13.2. The van der Waals surface area contributed by atoms with Crippen LogP contribution in [0.25, 0.3) is 6.08 Å². The first-order valence-electron chi connectivity index (χ1n) is 8.25. The minimum absolute atomic E-state index is 0.0966. The summed E-state index contributed by atoms with van der Waals surface area (Å²) in [6.45, 7) is 2.30. The number of hydrogen-bond donors (Lipinski definition) is 0. The van der Waals surface area contributed by atoms with E-state index in [1.54, 1.807) is 17.7 Å². The van der Waals surface area contributed by atoms with Gasteiger partial charge < -0.3 is 0 Å². The van der Waals surface area contributed by atoms with Gasteiger partial charge in [0.05, 0.1) is 0 Å². The second kappa shape index (κ2) is 6.11. The van der Waals surface area contributed by atoms with Crippen LogP contribution >= 0.6 is 0 Å². The van der Waals surface area contributed by atoms with Gasteiger partial charge in [-0.25, -0.2) is 4.39 Å². The van der Waals surface area contributed by atoms with Crippen LogP contribution in [-0.4, -0.2) is 0 Å². The zero-order valence-electron chi connectivity index (χ0n) is 12.5. The number of fused-ring (bicyclic) bond motifs is 1. The Balaban J connectivity index is 1.69. The van der Waals surface area contributed by atoms with Crippen LogP contribution in [0.15, 0.2) is 23.8 Å². The summed E-state index contributed by atoms with van der Waals surface area (Å²) in [5.41, 5.74) is 4.07. The van der Waals surface area contributed by atoms with Crippen LogP contribution in [0.2, 0.25) is 0 Å². The topological polar surface area (TPSA) is 0 Å². The van der Waals surface area contributed by atoms with Crippen molar-refractivity contribution in [1.82, 2.24) is 0 Å². The van der Waals surface area contributed by atoms with Crippen LogP contribution in [0.4, 0.5) is 4.39 Å². The molecule has 0 unspecified atom stereocenters. The van der Waals surface area contributed by atoms with Gasteiger partial charge >= 0.3 is 0 Å². The molecule has 0 bridgehead atoms. The van der Waals surface area contributed by atoms with Crippen LogP contribution in [0.1, 0.15) is 63.0 Å². The van der Waals surface area contributed by atoms with Crippen molar-refractivity contribution in [3.63, 3.8) is 0 Å². The molecule has 0 atom stereocenters. The highest BCUT2D eigenvalue weighted by molar-refractivity contribution is 5.60. The molecule has 1 aromatic carbocycles. The third kappa shape index (κ3) is 2.97. The van der Waals surface area contributed by atoms with Crippen molar-refractivity contribution in [1.29, 1.82) is 0 Å². The maximum absolute atomic E-state index is 13.2. The SMILES string of the molecule is CCCC1CCC(C2=Cc3ccc(F)cc3CC2)CC1. The van der Waals surface area contributed by atoms with Gasteiger partial charge in [0.25, 0.3) is 0 Å². The molecule has 0 radical (unpaired) electrons. The van der Waals surface area contributed by atoms with Gasteiger partial charge in [0.15, 0.2) is 0 Å². The Labute approximate surface area is 122 Å². The third-order valence-electron chi connectivity index (χ3n) is 5.20. The molecule has 1 aromatic rings. The van der Waals surface area contributed by atoms with Gasteiger partial charge in [0, 0.05) is 0 Å². The lowest BCUT2D eigenvalue weighted by molar-refractivity contribution is 0.283. The van der Waals surface area contributed by atoms with Crippen molar-refractivity contribution in [2.45, 2.75) is 58.3 Å². The number of rotatable bonds is 3. The average molecular weight is 272 g/mol. The normalized spacial score (nSPS) is 26.0. The zero-order valence-corrected chi connectivity index (χ0v) is 12.5. The molecule has 0 amide bonds. The predicted molar refractivity (Wildman–Crippen MR) is 83.1 cm³/mol. The summed E-state index contributed by atoms with van der Waals surface area (Å²) < 4.78 is 13.2. The van der Waals surface area contributed by atoms with E-state index in [2.05, 4.69) is 13.0 Å². The number of aryl methyl sites for hydroxylation is 1. The van der Waals surface area contributed by atoms with E-state index in [0.29, 0.717) is 0 Å². The third-order valence-corrected chi connectivity index (χ3v) is 5.20. The van der Waals surface area contributed by atoms with Gasteiger partial charge in [-0.15, -0.1) is 0 Å². The summed E-state index contributed by atoms with van der Waals surface area (Å²) >= 11 is 0. The highest BCUT2D eigenvalue weighted by Gasteiger charge is 2.24. The van der Waals surface area contributed by atoms with E-state index in [9.17, 15) is 4.39 Å². The quantitative estimate of drug-likeness (QED) is 0.656. The minimum atomic E-state index is -0.0966. The van der Waals surface area contributed by atoms with E-state index in [-0.39, 0.29) is 5.82 Å². The van der Waals surface area contributed by atoms with Crippen molar-refractivity contribution in [3.8, 4) is 0 Å². The van der Waals surface area contributed by atoms with E-state index in [1.807, 2.05) is 6.07 Å². The Hall–Kier alpha value is -1.11. The van der Waals surface area contributed by atoms with Crippen molar-refractivity contribution in [2.24, 2.45) is 11.8 Å². The molecule has 20 heavy (non-hydrogen) atoms. The second-order valence-electron chi connectivity index (χ2n) is 6.57. The average Bonchev–Trinajstić information content (AvgIpc) is 2.48. The Morgan fingerprint density at radius 2 is 1.90 bits per heavy atom. The smallest absolute Gasteiger partial charge is 0.123 e. The molecule has 3 rings (SSSR count). The van der Waals surface area contributed by atoms with E-state index < -0.39 is 0 Å². The van der Waals surface area contributed by atoms with Gasteiger partial charge in [-0.1, -0.05) is 37.5 Å². The van der Waals surface area contributed by atoms with Crippen molar-refractivity contribution in [3.05, 3.63) is 40.7 Å². The molecule has 0 heterocycles. The predicted octanol–water partition coefficient (Wildman–Crippen LogP) is 5.76. The summed E-state index contributed by atoms with van der Waals surface area (Å²) in [4.78, 5) is 0. The van der Waals surface area contributed by atoms with Crippen molar-refractivity contribution >= 4 is 6.08 Å². The van der Waals surface area contributed by atoms with Gasteiger partial charge in [0.2, 0.25) is 0 Å². The molecule has 0 nitrogen and oxygen atoms in total. The van der Waals surface area contributed by atoms with Crippen molar-refractivity contribution < 1.29 is 4.39 Å². The highest BCUT2D eigenvalue weighted by Crippen LogP contribution is 2.39. The fraction of sp³-hybridized carbons (Fsp3) is 0.579.